The highest BCUT2D eigenvalue weighted by Gasteiger charge is 2.52. The van der Waals surface area contributed by atoms with Crippen molar-refractivity contribution in [3.05, 3.63) is 0 Å². The summed E-state index contributed by atoms with van der Waals surface area (Å²) >= 11 is 0. The second-order valence-electron chi connectivity index (χ2n) is 7.00. The number of nitrogens with one attached hydrogen (secondary N) is 1. The maximum absolute atomic E-state index is 8.53. The zero-order chi connectivity index (χ0) is 15.4. The summed E-state index contributed by atoms with van der Waals surface area (Å²) in [6.07, 6.45) is 11.3. The Balaban J connectivity index is 0.00000192. The average molecular weight is 389 g/mol. The summed E-state index contributed by atoms with van der Waals surface area (Å²) in [5, 5.41) is 16.0. The molecule has 3 fully saturated rings. The number of piperidine rings is 3. The minimum atomic E-state index is 0. The van der Waals surface area contributed by atoms with Gasteiger partial charge in [0, 0.05) is 0 Å². The lowest BCUT2D eigenvalue weighted by Gasteiger charge is -2.55. The summed E-state index contributed by atoms with van der Waals surface area (Å²) in [7, 11) is 0. The summed E-state index contributed by atoms with van der Waals surface area (Å²) in [5.41, 5.74) is 6.29. The summed E-state index contributed by atoms with van der Waals surface area (Å²) in [6.45, 7) is 6.37. The van der Waals surface area contributed by atoms with Crippen molar-refractivity contribution in [1.82, 2.24) is 15.0 Å². The monoisotopic (exact) mass is 388 g/mol. The first-order valence-electron chi connectivity index (χ1n) is 9.26. The highest BCUT2D eigenvalue weighted by Crippen LogP contribution is 2.30. The lowest BCUT2D eigenvalue weighted by molar-refractivity contribution is -1.15. The van der Waals surface area contributed by atoms with E-state index in [1.807, 2.05) is 0 Å². The van der Waals surface area contributed by atoms with Crippen molar-refractivity contribution in [2.75, 3.05) is 39.3 Å². The molecule has 134 valence electrons. The van der Waals surface area contributed by atoms with Crippen molar-refractivity contribution in [3.63, 3.8) is 0 Å². The van der Waals surface area contributed by atoms with Crippen LogP contribution in [0.25, 0.3) is 0 Å². The lowest BCUT2D eigenvalue weighted by atomic mass is 10.1. The minimum Gasteiger partial charge on any atom is -1.00 e. The molecule has 0 spiro atoms. The highest BCUT2D eigenvalue weighted by atomic mass is 79.9. The second-order valence-corrected chi connectivity index (χ2v) is 7.00. The molecule has 3 heterocycles. The molecule has 7 heteroatoms. The highest BCUT2D eigenvalue weighted by molar-refractivity contribution is 5.66. The van der Waals surface area contributed by atoms with Gasteiger partial charge >= 0.3 is 5.96 Å². The molecule has 0 aromatic rings. The van der Waals surface area contributed by atoms with Crippen LogP contribution in [0, 0.1) is 5.41 Å². The van der Waals surface area contributed by atoms with Gasteiger partial charge in [0.2, 0.25) is 0 Å². The predicted octanol–water partition coefficient (Wildman–Crippen LogP) is -1.10. The van der Waals surface area contributed by atoms with E-state index in [2.05, 4.69) is 15.0 Å². The topological polar surface area (TPSA) is 59.6 Å². The molecule has 6 nitrogen and oxygen atoms in total. The molecular formula is C16H33BrN6. The van der Waals surface area contributed by atoms with Gasteiger partial charge in [0.1, 0.15) is 0 Å². The van der Waals surface area contributed by atoms with Gasteiger partial charge in [0.05, 0.1) is 39.3 Å². The van der Waals surface area contributed by atoms with Crippen molar-refractivity contribution in [2.24, 2.45) is 5.73 Å². The molecule has 23 heavy (non-hydrogen) atoms. The van der Waals surface area contributed by atoms with Gasteiger partial charge in [-0.2, -0.15) is 0 Å². The number of nitrogens with two attached hydrogens (primary N) is 1. The third kappa shape index (κ3) is 3.74. The number of rotatable bonds is 3. The molecule has 0 unspecified atom stereocenters. The SMILES string of the molecule is N=C(N)[N+](N1CCCCC1)(N1CCCCC1)N1CCCCC1.[Br-]. The van der Waals surface area contributed by atoms with E-state index >= 15 is 0 Å². The Kier molecular flexibility index (Phi) is 7.28. The normalized spacial score (nSPS) is 25.7. The molecular weight excluding hydrogens is 356 g/mol. The molecule has 3 saturated heterocycles. The number of halogens is 1. The van der Waals surface area contributed by atoms with Crippen LogP contribution in [0.1, 0.15) is 57.8 Å². The van der Waals surface area contributed by atoms with Crippen molar-refractivity contribution in [1.29, 1.82) is 5.41 Å². The van der Waals surface area contributed by atoms with Gasteiger partial charge in [-0.25, -0.2) is 5.41 Å². The fourth-order valence-electron chi connectivity index (χ4n) is 4.46. The zero-order valence-corrected chi connectivity index (χ0v) is 15.9. The maximum Gasteiger partial charge on any atom is 0.353 e. The van der Waals surface area contributed by atoms with Crippen LogP contribution in [0.3, 0.4) is 0 Å². The van der Waals surface area contributed by atoms with E-state index in [1.54, 1.807) is 0 Å². The number of hydrogen-bond donors (Lipinski definition) is 2. The van der Waals surface area contributed by atoms with Crippen molar-refractivity contribution < 1.29 is 21.8 Å². The van der Waals surface area contributed by atoms with Crippen molar-refractivity contribution in [2.45, 2.75) is 57.8 Å². The number of guanidine groups is 1. The first-order chi connectivity index (χ1) is 10.8. The van der Waals surface area contributed by atoms with Crippen LogP contribution in [-0.2, 0) is 0 Å². The van der Waals surface area contributed by atoms with E-state index < -0.39 is 0 Å². The van der Waals surface area contributed by atoms with Crippen molar-refractivity contribution >= 4 is 5.96 Å². The molecule has 0 amide bonds. The minimum absolute atomic E-state index is 0. The first kappa shape index (κ1) is 19.1. The summed E-state index contributed by atoms with van der Waals surface area (Å²) in [6, 6.07) is 0. The molecule has 0 aliphatic carbocycles. The van der Waals surface area contributed by atoms with E-state index in [0.29, 0.717) is 10.8 Å². The first-order valence-corrected chi connectivity index (χ1v) is 9.26. The fraction of sp³-hybridized carbons (Fsp3) is 0.938. The van der Waals surface area contributed by atoms with Crippen LogP contribution < -0.4 is 22.7 Å². The van der Waals surface area contributed by atoms with E-state index in [1.165, 1.54) is 57.8 Å². The van der Waals surface area contributed by atoms with E-state index in [0.717, 1.165) is 39.3 Å². The Bertz CT molecular complexity index is 327. The molecule has 0 saturated carbocycles. The van der Waals surface area contributed by atoms with E-state index in [4.69, 9.17) is 11.1 Å². The standard InChI is InChI=1S/C16H33N6.BrH/c17-16(18)22(19-10-4-1-5-11-19,20-12-6-2-7-13-20)21-14-8-3-9-15-21;/h1-15H2,(H3,17,18);1H/q+1;/p-1. The van der Waals surface area contributed by atoms with Gasteiger partial charge < -0.3 is 22.7 Å². The Morgan fingerprint density at radius 1 is 0.609 bits per heavy atom. The van der Waals surface area contributed by atoms with Gasteiger partial charge in [-0.3, -0.25) is 0 Å². The lowest BCUT2D eigenvalue weighted by Crippen LogP contribution is -3.00. The molecule has 0 bridgehead atoms. The molecule has 0 radical (unpaired) electrons. The predicted molar refractivity (Wildman–Crippen MR) is 88.4 cm³/mol. The van der Waals surface area contributed by atoms with Crippen LogP contribution in [0.15, 0.2) is 0 Å². The Morgan fingerprint density at radius 3 is 1.09 bits per heavy atom. The molecule has 3 rings (SSSR count). The van der Waals surface area contributed by atoms with Crippen molar-refractivity contribution in [3.8, 4) is 0 Å². The van der Waals surface area contributed by atoms with E-state index in [9.17, 15) is 0 Å². The van der Waals surface area contributed by atoms with Crippen LogP contribution >= 0.6 is 0 Å². The zero-order valence-electron chi connectivity index (χ0n) is 14.4. The smallest absolute Gasteiger partial charge is 0.353 e. The van der Waals surface area contributed by atoms with Gasteiger partial charge in [-0.1, -0.05) is 19.3 Å². The van der Waals surface area contributed by atoms with Crippen LogP contribution in [-0.4, -0.2) is 65.1 Å². The van der Waals surface area contributed by atoms with Crippen LogP contribution in [0.4, 0.5) is 0 Å². The van der Waals surface area contributed by atoms with Gasteiger partial charge in [0.25, 0.3) is 0 Å². The summed E-state index contributed by atoms with van der Waals surface area (Å²) in [5.74, 6) is 0.297. The Labute approximate surface area is 151 Å². The molecule has 3 aliphatic rings. The largest absolute Gasteiger partial charge is 1.00 e. The third-order valence-corrected chi connectivity index (χ3v) is 5.50. The fourth-order valence-corrected chi connectivity index (χ4v) is 4.46. The molecule has 0 aromatic heterocycles. The summed E-state index contributed by atoms with van der Waals surface area (Å²) in [4.78, 5) is 0.417. The number of hydrogen-bond acceptors (Lipinski definition) is 4. The Hall–Kier alpha value is -0.210. The van der Waals surface area contributed by atoms with Crippen LogP contribution in [0.5, 0.6) is 0 Å². The van der Waals surface area contributed by atoms with Gasteiger partial charge in [-0.05, 0) is 43.3 Å². The van der Waals surface area contributed by atoms with Gasteiger partial charge in [0.15, 0.2) is 0 Å². The molecule has 3 aliphatic heterocycles. The Morgan fingerprint density at radius 2 is 0.870 bits per heavy atom. The second kappa shape index (κ2) is 8.76. The van der Waals surface area contributed by atoms with Crippen LogP contribution in [0.2, 0.25) is 0 Å². The number of quaternary nitrogens is 1. The summed E-state index contributed by atoms with van der Waals surface area (Å²) < 4.78 is 0. The quantitative estimate of drug-likeness (QED) is 0.366. The average Bonchev–Trinajstić information content (AvgIpc) is 2.58. The molecule has 0 aromatic carbocycles. The number of nitrogens with zero attached hydrogens (tertiary/aromatic N) is 4. The van der Waals surface area contributed by atoms with E-state index in [-0.39, 0.29) is 17.0 Å². The maximum atomic E-state index is 8.53. The third-order valence-electron chi connectivity index (χ3n) is 5.50. The van der Waals surface area contributed by atoms with Gasteiger partial charge in [-0.15, -0.1) is 15.0 Å². The molecule has 0 atom stereocenters. The molecule has 3 N–H and O–H groups in total.